The minimum Gasteiger partial charge on any atom is -0.516 e. The molecule has 0 aliphatic carbocycles. The lowest BCUT2D eigenvalue weighted by atomic mass is 10.7. The van der Waals surface area contributed by atoms with E-state index in [0.717, 1.165) is 6.26 Å². The van der Waals surface area contributed by atoms with E-state index < -0.39 is 11.0 Å². The van der Waals surface area contributed by atoms with Gasteiger partial charge in [0.25, 0.3) is 11.0 Å². The Morgan fingerprint density at radius 1 is 1.62 bits per heavy atom. The predicted molar refractivity (Wildman–Crippen MR) is 28.0 cm³/mol. The fraction of sp³-hybridized carbons (Fsp3) is 0.333. The number of hydrogen-bond acceptors (Lipinski definition) is 4. The van der Waals surface area contributed by atoms with Crippen molar-refractivity contribution in [1.29, 1.82) is 0 Å². The van der Waals surface area contributed by atoms with Crippen LogP contribution in [-0.2, 0) is 15.2 Å². The first-order valence-corrected chi connectivity index (χ1v) is 2.93. The monoisotopic (exact) mass is 138 g/mol. The number of rotatable bonds is 3. The van der Waals surface area contributed by atoms with E-state index in [4.69, 9.17) is 5.11 Å². The molecule has 5 heteroatoms. The summed E-state index contributed by atoms with van der Waals surface area (Å²) in [7, 11) is -2.77. The van der Waals surface area contributed by atoms with Gasteiger partial charge in [-0.15, -0.1) is 0 Å². The molecule has 0 amide bonds. The van der Waals surface area contributed by atoms with Crippen molar-refractivity contribution in [1.82, 2.24) is 0 Å². The van der Waals surface area contributed by atoms with Gasteiger partial charge in [-0.3, -0.25) is 4.18 Å². The molecule has 48 valence electrons. The Labute approximate surface area is 48.6 Å². The lowest BCUT2D eigenvalue weighted by molar-refractivity contribution is 0.368. The summed E-state index contributed by atoms with van der Waals surface area (Å²) >= 11 is 0. The molecule has 0 rings (SSSR count). The van der Waals surface area contributed by atoms with E-state index in [1.165, 1.54) is 6.08 Å². The summed E-state index contributed by atoms with van der Waals surface area (Å²) in [6, 6.07) is 0. The molecule has 1 N–H and O–H groups in total. The summed E-state index contributed by atoms with van der Waals surface area (Å²) < 4.78 is 23.1. The van der Waals surface area contributed by atoms with Gasteiger partial charge in [-0.25, -0.2) is 8.42 Å². The average molecular weight is 138 g/mol. The van der Waals surface area contributed by atoms with Crippen LogP contribution in [0.3, 0.4) is 0 Å². The molecule has 0 bridgehead atoms. The molecule has 0 atom stereocenters. The van der Waals surface area contributed by atoms with Crippen LogP contribution in [0, 0.1) is 0 Å². The maximum atomic E-state index is 9.57. The lowest BCUT2D eigenvalue weighted by Gasteiger charge is -1.82. The zero-order valence-electron chi connectivity index (χ0n) is 3.98. The fourth-order valence-corrected chi connectivity index (χ4v) is 0.355. The first-order valence-electron chi connectivity index (χ1n) is 1.84. The summed E-state index contributed by atoms with van der Waals surface area (Å²) in [6.07, 6.45) is 1.89. The first-order chi connectivity index (χ1) is 3.77. The Bertz CT molecular complexity index is 128. The van der Waals surface area contributed by atoms with E-state index in [1.54, 1.807) is 0 Å². The Morgan fingerprint density at radius 2 is 2.25 bits per heavy atom. The third-order valence-corrected chi connectivity index (χ3v) is 0.741. The molecule has 0 saturated carbocycles. The number of hydrogen-bond donors (Lipinski definition) is 2. The third-order valence-electron chi connectivity index (χ3n) is 0.382. The fourth-order valence-electron chi connectivity index (χ4n) is 0.147. The highest BCUT2D eigenvalue weighted by Gasteiger charge is 1.77. The summed E-state index contributed by atoms with van der Waals surface area (Å²) in [6.45, 7) is -0.102. The SMILES string of the molecule is O=[SH](=O)OCC=CO. The largest absolute Gasteiger partial charge is 0.516 e. The van der Waals surface area contributed by atoms with Crippen molar-refractivity contribution in [3.8, 4) is 0 Å². The second kappa shape index (κ2) is 4.61. The van der Waals surface area contributed by atoms with Crippen LogP contribution in [-0.4, -0.2) is 20.1 Å². The molecule has 0 aromatic carbocycles. The van der Waals surface area contributed by atoms with Gasteiger partial charge in [-0.2, -0.15) is 0 Å². The lowest BCUT2D eigenvalue weighted by Crippen LogP contribution is -1.86. The molecule has 8 heavy (non-hydrogen) atoms. The molecule has 0 aromatic heterocycles. The molecule has 0 fully saturated rings. The van der Waals surface area contributed by atoms with Gasteiger partial charge in [0, 0.05) is 0 Å². The van der Waals surface area contributed by atoms with E-state index in [9.17, 15) is 8.42 Å². The van der Waals surface area contributed by atoms with Crippen molar-refractivity contribution < 1.29 is 17.7 Å². The van der Waals surface area contributed by atoms with Crippen LogP contribution in [0.1, 0.15) is 0 Å². The van der Waals surface area contributed by atoms with Gasteiger partial charge < -0.3 is 5.11 Å². The predicted octanol–water partition coefficient (Wildman–Crippen LogP) is -0.399. The van der Waals surface area contributed by atoms with E-state index in [2.05, 4.69) is 4.18 Å². The smallest absolute Gasteiger partial charge is 0.257 e. The van der Waals surface area contributed by atoms with Crippen LogP contribution < -0.4 is 0 Å². The van der Waals surface area contributed by atoms with Crippen LogP contribution in [0.15, 0.2) is 12.3 Å². The highest BCUT2D eigenvalue weighted by atomic mass is 32.2. The van der Waals surface area contributed by atoms with Crippen molar-refractivity contribution in [3.05, 3.63) is 12.3 Å². The number of thiol groups is 1. The van der Waals surface area contributed by atoms with Crippen molar-refractivity contribution >= 4 is 11.0 Å². The average Bonchev–Trinajstić information content (AvgIpc) is 1.66. The van der Waals surface area contributed by atoms with E-state index in [-0.39, 0.29) is 6.61 Å². The molecular formula is C3H6O4S. The number of aliphatic hydroxyl groups is 1. The van der Waals surface area contributed by atoms with Gasteiger partial charge in [-0.1, -0.05) is 0 Å². The van der Waals surface area contributed by atoms with Gasteiger partial charge in [-0.05, 0) is 6.08 Å². The van der Waals surface area contributed by atoms with Gasteiger partial charge in [0.15, 0.2) is 0 Å². The van der Waals surface area contributed by atoms with Crippen molar-refractivity contribution in [2.24, 2.45) is 0 Å². The molecule has 0 spiro atoms. The van der Waals surface area contributed by atoms with Crippen LogP contribution >= 0.6 is 0 Å². The zero-order valence-corrected chi connectivity index (χ0v) is 4.88. The summed E-state index contributed by atoms with van der Waals surface area (Å²) in [5.74, 6) is 0. The normalized spacial score (nSPS) is 11.1. The first kappa shape index (κ1) is 7.45. The quantitative estimate of drug-likeness (QED) is 0.411. The third kappa shape index (κ3) is 5.45. The van der Waals surface area contributed by atoms with Crippen LogP contribution in [0.4, 0.5) is 0 Å². The van der Waals surface area contributed by atoms with E-state index in [1.807, 2.05) is 0 Å². The second-order valence-electron chi connectivity index (χ2n) is 0.904. The summed E-state index contributed by atoms with van der Waals surface area (Å²) in [5, 5.41) is 7.92. The molecule has 0 aromatic rings. The highest BCUT2D eigenvalue weighted by Crippen LogP contribution is 1.73. The van der Waals surface area contributed by atoms with E-state index in [0.29, 0.717) is 0 Å². The standard InChI is InChI=1S/C3H6O4S/c4-2-1-3-7-8(5)6/h1-2,4,8H,3H2. The van der Waals surface area contributed by atoms with E-state index >= 15 is 0 Å². The minimum absolute atomic E-state index is 0.102. The highest BCUT2D eigenvalue weighted by molar-refractivity contribution is 7.67. The Balaban J connectivity index is 3.19. The van der Waals surface area contributed by atoms with Crippen LogP contribution in [0.2, 0.25) is 0 Å². The Kier molecular flexibility index (Phi) is 4.29. The molecular weight excluding hydrogens is 132 g/mol. The van der Waals surface area contributed by atoms with Crippen molar-refractivity contribution in [2.45, 2.75) is 0 Å². The van der Waals surface area contributed by atoms with Crippen molar-refractivity contribution in [2.75, 3.05) is 6.61 Å². The summed E-state index contributed by atoms with van der Waals surface area (Å²) in [4.78, 5) is 0. The maximum Gasteiger partial charge on any atom is 0.257 e. The molecule has 0 unspecified atom stereocenters. The topological polar surface area (TPSA) is 63.6 Å². The minimum atomic E-state index is -2.77. The number of aliphatic hydroxyl groups excluding tert-OH is 1. The molecule has 0 heterocycles. The molecule has 0 saturated heterocycles. The van der Waals surface area contributed by atoms with Crippen molar-refractivity contribution in [3.63, 3.8) is 0 Å². The van der Waals surface area contributed by atoms with Crippen LogP contribution in [0.5, 0.6) is 0 Å². The van der Waals surface area contributed by atoms with Gasteiger partial charge >= 0.3 is 0 Å². The van der Waals surface area contributed by atoms with Crippen LogP contribution in [0.25, 0.3) is 0 Å². The maximum absolute atomic E-state index is 9.57. The van der Waals surface area contributed by atoms with Gasteiger partial charge in [0.1, 0.15) is 0 Å². The Hall–Kier alpha value is -0.550. The summed E-state index contributed by atoms with van der Waals surface area (Å²) in [5.41, 5.74) is 0. The molecule has 0 aliphatic rings. The second-order valence-corrected chi connectivity index (χ2v) is 1.61. The molecule has 4 nitrogen and oxygen atoms in total. The Morgan fingerprint density at radius 3 is 2.62 bits per heavy atom. The van der Waals surface area contributed by atoms with Gasteiger partial charge in [0.05, 0.1) is 12.9 Å². The zero-order chi connectivity index (χ0) is 6.41. The van der Waals surface area contributed by atoms with Gasteiger partial charge in [0.2, 0.25) is 0 Å². The molecule has 0 radical (unpaired) electrons. The molecule has 0 aliphatic heterocycles.